The molecule has 0 spiro atoms. The van der Waals surface area contributed by atoms with Crippen LogP contribution in [0.25, 0.3) is 0 Å². The van der Waals surface area contributed by atoms with Crippen LogP contribution in [-0.2, 0) is 16.1 Å². The molecule has 0 radical (unpaired) electrons. The van der Waals surface area contributed by atoms with Gasteiger partial charge in [0.15, 0.2) is 5.69 Å². The number of methoxy groups -OCH3 is 2. The lowest BCUT2D eigenvalue weighted by Crippen LogP contribution is -2.11. The Kier molecular flexibility index (Phi) is 7.09. The van der Waals surface area contributed by atoms with Crippen molar-refractivity contribution < 1.29 is 23.8 Å². The van der Waals surface area contributed by atoms with Gasteiger partial charge >= 0.3 is 12.1 Å². The number of aryl methyl sites for hydroxylation is 1. The van der Waals surface area contributed by atoms with Gasteiger partial charge in [0.25, 0.3) is 0 Å². The zero-order chi connectivity index (χ0) is 20.8. The van der Waals surface area contributed by atoms with Crippen LogP contribution in [0.15, 0.2) is 18.2 Å². The lowest BCUT2D eigenvalue weighted by Gasteiger charge is -2.20. The van der Waals surface area contributed by atoms with Crippen LogP contribution < -0.4 is 10.1 Å². The van der Waals surface area contributed by atoms with E-state index in [0.717, 1.165) is 28.3 Å². The summed E-state index contributed by atoms with van der Waals surface area (Å²) in [7, 11) is 2.70. The Labute approximate surface area is 174 Å². The first-order valence-electron chi connectivity index (χ1n) is 9.68. The number of nitrogens with one attached hydrogen (secondary N) is 1. The molecule has 1 aromatic carbocycles. The molecule has 0 aliphatic heterocycles. The Morgan fingerprint density at radius 1 is 1.17 bits per heavy atom. The Balaban J connectivity index is 1.71. The summed E-state index contributed by atoms with van der Waals surface area (Å²) in [4.78, 5) is 29.1. The van der Waals surface area contributed by atoms with Crippen molar-refractivity contribution in [2.24, 2.45) is 0 Å². The van der Waals surface area contributed by atoms with Crippen LogP contribution in [0.2, 0.25) is 0 Å². The smallest absolute Gasteiger partial charge is 0.411 e. The van der Waals surface area contributed by atoms with Crippen LogP contribution in [0.1, 0.15) is 64.0 Å². The normalized spacial score (nSPS) is 14.3. The first-order valence-corrected chi connectivity index (χ1v) is 10.5. The van der Waals surface area contributed by atoms with Gasteiger partial charge in [0.05, 0.1) is 14.2 Å². The van der Waals surface area contributed by atoms with E-state index in [1.165, 1.54) is 44.8 Å². The lowest BCUT2D eigenvalue weighted by molar-refractivity contribution is 0.0592. The highest BCUT2D eigenvalue weighted by Gasteiger charge is 2.26. The molecule has 2 aromatic rings. The molecule has 29 heavy (non-hydrogen) atoms. The molecular formula is C21H26N2O5S. The second kappa shape index (κ2) is 9.73. The quantitative estimate of drug-likeness (QED) is 0.661. The number of nitrogens with zero attached hydrogens (tertiary/aromatic N) is 1. The fourth-order valence-electron chi connectivity index (χ4n) is 3.50. The van der Waals surface area contributed by atoms with E-state index >= 15 is 0 Å². The molecule has 0 saturated heterocycles. The average Bonchev–Trinajstić information content (AvgIpc) is 3.18. The highest BCUT2D eigenvalue weighted by Crippen LogP contribution is 2.38. The fraction of sp³-hybridized carbons (Fsp3) is 0.476. The number of thiazole rings is 1. The number of amides is 1. The van der Waals surface area contributed by atoms with Crippen LogP contribution >= 0.6 is 11.3 Å². The van der Waals surface area contributed by atoms with Gasteiger partial charge in [0.1, 0.15) is 17.4 Å². The first-order chi connectivity index (χ1) is 14.0. The van der Waals surface area contributed by atoms with Gasteiger partial charge in [-0.25, -0.2) is 14.6 Å². The topological polar surface area (TPSA) is 86.8 Å². The molecule has 156 valence electrons. The number of ether oxygens (including phenoxy) is 3. The van der Waals surface area contributed by atoms with E-state index in [0.29, 0.717) is 23.0 Å². The van der Waals surface area contributed by atoms with Crippen LogP contribution in [-0.4, -0.2) is 31.3 Å². The standard InChI is InChI=1S/C21H26N2O5S/c1-13-11-15(9-10-16(13)22-21(25)27-3)28-12-17-23-18(20(24)26-2)19(29-17)14-7-5-4-6-8-14/h9-11,14H,4-8,12H2,1-3H3,(H,22,25). The van der Waals surface area contributed by atoms with Crippen LogP contribution in [0.5, 0.6) is 5.75 Å². The number of carbonyl (C=O) groups is 2. The summed E-state index contributed by atoms with van der Waals surface area (Å²) in [6.07, 6.45) is 5.26. The van der Waals surface area contributed by atoms with Gasteiger partial charge in [-0.2, -0.15) is 0 Å². The van der Waals surface area contributed by atoms with Crippen molar-refractivity contribution in [1.82, 2.24) is 4.98 Å². The molecule has 0 atom stereocenters. The van der Waals surface area contributed by atoms with Gasteiger partial charge in [-0.3, -0.25) is 5.32 Å². The van der Waals surface area contributed by atoms with E-state index in [9.17, 15) is 9.59 Å². The zero-order valence-electron chi connectivity index (χ0n) is 16.9. The minimum atomic E-state index is -0.518. The maximum atomic E-state index is 12.2. The highest BCUT2D eigenvalue weighted by atomic mass is 32.1. The largest absolute Gasteiger partial charge is 0.486 e. The van der Waals surface area contributed by atoms with E-state index in [2.05, 4.69) is 15.0 Å². The summed E-state index contributed by atoms with van der Waals surface area (Å²) >= 11 is 1.54. The number of rotatable bonds is 6. The number of aromatic nitrogens is 1. The number of hydrogen-bond acceptors (Lipinski definition) is 7. The van der Waals surface area contributed by atoms with Crippen molar-refractivity contribution in [2.75, 3.05) is 19.5 Å². The average molecular weight is 419 g/mol. The van der Waals surface area contributed by atoms with E-state index in [4.69, 9.17) is 9.47 Å². The molecular weight excluding hydrogens is 392 g/mol. The number of hydrogen-bond donors (Lipinski definition) is 1. The van der Waals surface area contributed by atoms with Crippen LogP contribution in [0, 0.1) is 6.92 Å². The van der Waals surface area contributed by atoms with Gasteiger partial charge in [-0.05, 0) is 49.4 Å². The minimum Gasteiger partial charge on any atom is -0.486 e. The van der Waals surface area contributed by atoms with E-state index in [1.807, 2.05) is 13.0 Å². The van der Waals surface area contributed by atoms with Gasteiger partial charge in [-0.15, -0.1) is 11.3 Å². The maximum Gasteiger partial charge on any atom is 0.411 e. The molecule has 1 N–H and O–H groups in total. The number of carbonyl (C=O) groups excluding carboxylic acids is 2. The Morgan fingerprint density at radius 3 is 2.59 bits per heavy atom. The molecule has 1 aliphatic carbocycles. The zero-order valence-corrected chi connectivity index (χ0v) is 17.8. The molecule has 8 heteroatoms. The third-order valence-corrected chi connectivity index (χ3v) is 6.23. The summed E-state index contributed by atoms with van der Waals surface area (Å²) in [5.74, 6) is 0.643. The summed E-state index contributed by atoms with van der Waals surface area (Å²) in [6, 6.07) is 5.37. The van der Waals surface area contributed by atoms with Crippen molar-refractivity contribution in [2.45, 2.75) is 51.6 Å². The molecule has 1 amide bonds. The Morgan fingerprint density at radius 2 is 1.93 bits per heavy atom. The second-order valence-corrected chi connectivity index (χ2v) is 8.14. The Bertz CT molecular complexity index is 874. The van der Waals surface area contributed by atoms with E-state index < -0.39 is 6.09 Å². The molecule has 3 rings (SSSR count). The van der Waals surface area contributed by atoms with E-state index in [-0.39, 0.29) is 12.6 Å². The molecule has 1 fully saturated rings. The lowest BCUT2D eigenvalue weighted by atomic mass is 9.87. The number of benzene rings is 1. The molecule has 0 bridgehead atoms. The summed E-state index contributed by atoms with van der Waals surface area (Å²) < 4.78 is 15.4. The molecule has 1 heterocycles. The molecule has 0 unspecified atom stereocenters. The minimum absolute atomic E-state index is 0.268. The summed E-state index contributed by atoms with van der Waals surface area (Å²) in [6.45, 7) is 2.14. The summed E-state index contributed by atoms with van der Waals surface area (Å²) in [5.41, 5.74) is 1.94. The SMILES string of the molecule is COC(=O)Nc1ccc(OCc2nc(C(=O)OC)c(C3CCCCC3)s2)cc1C. The van der Waals surface area contributed by atoms with Gasteiger partial charge in [-0.1, -0.05) is 19.3 Å². The van der Waals surface area contributed by atoms with E-state index in [1.54, 1.807) is 12.1 Å². The van der Waals surface area contributed by atoms with Gasteiger partial charge < -0.3 is 14.2 Å². The molecule has 7 nitrogen and oxygen atoms in total. The first kappa shape index (κ1) is 21.1. The number of esters is 1. The van der Waals surface area contributed by atoms with Gasteiger partial charge in [0.2, 0.25) is 0 Å². The molecule has 1 aromatic heterocycles. The monoisotopic (exact) mass is 418 g/mol. The fourth-order valence-corrected chi connectivity index (χ4v) is 4.63. The number of anilines is 1. The van der Waals surface area contributed by atoms with Crippen LogP contribution in [0.4, 0.5) is 10.5 Å². The molecule has 1 aliphatic rings. The highest BCUT2D eigenvalue weighted by molar-refractivity contribution is 7.12. The van der Waals surface area contributed by atoms with Crippen molar-refractivity contribution >= 4 is 29.1 Å². The third-order valence-electron chi connectivity index (χ3n) is 5.03. The van der Waals surface area contributed by atoms with Crippen molar-refractivity contribution in [3.63, 3.8) is 0 Å². The predicted molar refractivity (Wildman–Crippen MR) is 111 cm³/mol. The van der Waals surface area contributed by atoms with Crippen LogP contribution in [0.3, 0.4) is 0 Å². The van der Waals surface area contributed by atoms with Crippen molar-refractivity contribution in [3.8, 4) is 5.75 Å². The molecule has 1 saturated carbocycles. The predicted octanol–water partition coefficient (Wildman–Crippen LogP) is 5.04. The third kappa shape index (κ3) is 5.26. The van der Waals surface area contributed by atoms with Gasteiger partial charge in [0, 0.05) is 10.6 Å². The Hall–Kier alpha value is -2.61. The summed E-state index contributed by atoms with van der Waals surface area (Å²) in [5, 5.41) is 3.40. The maximum absolute atomic E-state index is 12.2. The van der Waals surface area contributed by atoms with Crippen molar-refractivity contribution in [1.29, 1.82) is 0 Å². The van der Waals surface area contributed by atoms with Crippen molar-refractivity contribution in [3.05, 3.63) is 39.3 Å². The second-order valence-electron chi connectivity index (χ2n) is 7.03.